The van der Waals surface area contributed by atoms with Crippen LogP contribution >= 0.6 is 23.4 Å². The van der Waals surface area contributed by atoms with Crippen molar-refractivity contribution in [3.05, 3.63) is 64.0 Å². The van der Waals surface area contributed by atoms with Crippen LogP contribution in [0, 0.1) is 0 Å². The summed E-state index contributed by atoms with van der Waals surface area (Å²) < 4.78 is 5.20. The zero-order chi connectivity index (χ0) is 21.7. The summed E-state index contributed by atoms with van der Waals surface area (Å²) in [5.74, 6) is -2.04. The SMILES string of the molecule is O=C(O)COc1ccccc1/C=C1/SC(=O)N(CC(=O)Nc2ccc(Cl)cc2)C1=O. The third-order valence-corrected chi connectivity index (χ3v) is 5.02. The number of halogens is 1. The highest BCUT2D eigenvalue weighted by Gasteiger charge is 2.36. The van der Waals surface area contributed by atoms with Gasteiger partial charge in [0.05, 0.1) is 4.91 Å². The van der Waals surface area contributed by atoms with Crippen LogP contribution in [-0.4, -0.2) is 46.2 Å². The molecule has 0 atom stereocenters. The van der Waals surface area contributed by atoms with E-state index in [0.717, 1.165) is 4.90 Å². The van der Waals surface area contributed by atoms with Gasteiger partial charge in [-0.05, 0) is 48.2 Å². The molecule has 3 amide bonds. The molecule has 0 radical (unpaired) electrons. The lowest BCUT2D eigenvalue weighted by atomic mass is 10.2. The zero-order valence-corrected chi connectivity index (χ0v) is 16.9. The van der Waals surface area contributed by atoms with E-state index in [9.17, 15) is 19.2 Å². The maximum absolute atomic E-state index is 12.6. The average molecular weight is 447 g/mol. The first-order valence-electron chi connectivity index (χ1n) is 8.58. The number of nitrogens with one attached hydrogen (secondary N) is 1. The number of rotatable bonds is 7. The fraction of sp³-hybridized carbons (Fsp3) is 0.100. The molecule has 8 nitrogen and oxygen atoms in total. The summed E-state index contributed by atoms with van der Waals surface area (Å²) in [7, 11) is 0. The van der Waals surface area contributed by atoms with Crippen LogP contribution in [0.15, 0.2) is 53.4 Å². The normalized spacial score (nSPS) is 14.8. The van der Waals surface area contributed by atoms with Crippen molar-refractivity contribution in [2.45, 2.75) is 0 Å². The lowest BCUT2D eigenvalue weighted by Gasteiger charge is -2.12. The van der Waals surface area contributed by atoms with Gasteiger partial charge in [-0.25, -0.2) is 4.79 Å². The first-order valence-corrected chi connectivity index (χ1v) is 9.77. The number of aliphatic carboxylic acids is 1. The molecule has 154 valence electrons. The lowest BCUT2D eigenvalue weighted by Crippen LogP contribution is -2.36. The van der Waals surface area contributed by atoms with Crippen LogP contribution in [0.5, 0.6) is 5.75 Å². The van der Waals surface area contributed by atoms with Gasteiger partial charge in [0.15, 0.2) is 6.61 Å². The summed E-state index contributed by atoms with van der Waals surface area (Å²) in [6, 6.07) is 12.9. The van der Waals surface area contributed by atoms with Gasteiger partial charge in [0, 0.05) is 16.3 Å². The predicted molar refractivity (Wildman–Crippen MR) is 112 cm³/mol. The molecular formula is C20H15ClN2O6S. The number of nitrogens with zero attached hydrogens (tertiary/aromatic N) is 1. The smallest absolute Gasteiger partial charge is 0.341 e. The maximum Gasteiger partial charge on any atom is 0.341 e. The van der Waals surface area contributed by atoms with E-state index in [1.54, 1.807) is 48.5 Å². The fourth-order valence-electron chi connectivity index (χ4n) is 2.53. The predicted octanol–water partition coefficient (Wildman–Crippen LogP) is 3.48. The summed E-state index contributed by atoms with van der Waals surface area (Å²) in [4.78, 5) is 48.7. The van der Waals surface area contributed by atoms with Gasteiger partial charge in [0.1, 0.15) is 12.3 Å². The highest BCUT2D eigenvalue weighted by atomic mass is 35.5. The Morgan fingerprint density at radius 2 is 1.83 bits per heavy atom. The molecule has 1 aliphatic rings. The Bertz CT molecular complexity index is 1040. The summed E-state index contributed by atoms with van der Waals surface area (Å²) in [5.41, 5.74) is 0.922. The number of hydrogen-bond donors (Lipinski definition) is 2. The summed E-state index contributed by atoms with van der Waals surface area (Å²) in [5, 5.41) is 11.3. The number of anilines is 1. The number of imide groups is 1. The van der Waals surface area contributed by atoms with Crippen LogP contribution in [0.4, 0.5) is 10.5 Å². The van der Waals surface area contributed by atoms with E-state index in [4.69, 9.17) is 21.4 Å². The summed E-state index contributed by atoms with van der Waals surface area (Å²) >= 11 is 6.48. The molecule has 3 rings (SSSR count). The van der Waals surface area contributed by atoms with Gasteiger partial charge >= 0.3 is 5.97 Å². The Morgan fingerprint density at radius 3 is 2.53 bits per heavy atom. The number of thioether (sulfide) groups is 1. The Balaban J connectivity index is 1.71. The molecule has 2 aromatic carbocycles. The van der Waals surface area contributed by atoms with E-state index in [0.29, 0.717) is 28.0 Å². The van der Waals surface area contributed by atoms with Crippen molar-refractivity contribution in [3.8, 4) is 5.75 Å². The Kier molecular flexibility index (Phi) is 6.76. The van der Waals surface area contributed by atoms with Gasteiger partial charge in [-0.15, -0.1) is 0 Å². The summed E-state index contributed by atoms with van der Waals surface area (Å²) in [6.45, 7) is -0.987. The molecule has 0 bridgehead atoms. The number of carboxylic acid groups (broad SMARTS) is 1. The molecule has 0 unspecified atom stereocenters. The molecule has 0 aromatic heterocycles. The Labute approximate surface area is 180 Å². The highest BCUT2D eigenvalue weighted by Crippen LogP contribution is 2.33. The molecule has 0 spiro atoms. The number of para-hydroxylation sites is 1. The second kappa shape index (κ2) is 9.47. The number of ether oxygens (including phenoxy) is 1. The van der Waals surface area contributed by atoms with Crippen LogP contribution in [0.25, 0.3) is 6.08 Å². The molecule has 1 fully saturated rings. The van der Waals surface area contributed by atoms with Crippen molar-refractivity contribution in [3.63, 3.8) is 0 Å². The van der Waals surface area contributed by atoms with Crippen molar-refractivity contribution < 1.29 is 29.0 Å². The van der Waals surface area contributed by atoms with E-state index in [-0.39, 0.29) is 10.7 Å². The number of carboxylic acids is 1. The highest BCUT2D eigenvalue weighted by molar-refractivity contribution is 8.18. The van der Waals surface area contributed by atoms with Crippen molar-refractivity contribution in [1.82, 2.24) is 4.90 Å². The standard InChI is InChI=1S/C20H15ClN2O6S/c21-13-5-7-14(8-6-13)22-17(24)10-23-19(27)16(30-20(23)28)9-12-3-1-2-4-15(12)29-11-18(25)26/h1-9H,10-11H2,(H,22,24)(H,25,26)/b16-9+. The van der Waals surface area contributed by atoms with Gasteiger partial charge in [-0.2, -0.15) is 0 Å². The number of hydrogen-bond acceptors (Lipinski definition) is 6. The second-order valence-electron chi connectivity index (χ2n) is 6.04. The first kappa shape index (κ1) is 21.4. The van der Waals surface area contributed by atoms with Crippen LogP contribution in [-0.2, 0) is 14.4 Å². The quantitative estimate of drug-likeness (QED) is 0.626. The van der Waals surface area contributed by atoms with Gasteiger partial charge in [0.25, 0.3) is 11.1 Å². The van der Waals surface area contributed by atoms with E-state index in [1.165, 1.54) is 6.08 Å². The molecule has 10 heteroatoms. The van der Waals surface area contributed by atoms with Crippen molar-refractivity contribution >= 4 is 58.1 Å². The fourth-order valence-corrected chi connectivity index (χ4v) is 3.48. The Hall–Kier alpha value is -3.30. The molecule has 30 heavy (non-hydrogen) atoms. The number of carbonyl (C=O) groups excluding carboxylic acids is 3. The van der Waals surface area contributed by atoms with Crippen molar-refractivity contribution in [2.24, 2.45) is 0 Å². The average Bonchev–Trinajstić information content (AvgIpc) is 2.96. The monoisotopic (exact) mass is 446 g/mol. The van der Waals surface area contributed by atoms with E-state index in [2.05, 4.69) is 5.32 Å². The van der Waals surface area contributed by atoms with Crippen LogP contribution in [0.1, 0.15) is 5.56 Å². The van der Waals surface area contributed by atoms with Gasteiger partial charge < -0.3 is 15.2 Å². The summed E-state index contributed by atoms with van der Waals surface area (Å²) in [6.07, 6.45) is 1.43. The minimum Gasteiger partial charge on any atom is -0.481 e. The van der Waals surface area contributed by atoms with Gasteiger partial charge in [-0.1, -0.05) is 29.8 Å². The van der Waals surface area contributed by atoms with Crippen LogP contribution < -0.4 is 10.1 Å². The number of amides is 3. The molecule has 1 aliphatic heterocycles. The molecule has 2 aromatic rings. The van der Waals surface area contributed by atoms with Crippen molar-refractivity contribution in [1.29, 1.82) is 0 Å². The molecule has 0 aliphatic carbocycles. The van der Waals surface area contributed by atoms with Crippen molar-refractivity contribution in [2.75, 3.05) is 18.5 Å². The van der Waals surface area contributed by atoms with Gasteiger partial charge in [0.2, 0.25) is 5.91 Å². The minimum absolute atomic E-state index is 0.102. The van der Waals surface area contributed by atoms with E-state index >= 15 is 0 Å². The van der Waals surface area contributed by atoms with Crippen LogP contribution in [0.3, 0.4) is 0 Å². The van der Waals surface area contributed by atoms with E-state index in [1.807, 2.05) is 0 Å². The molecule has 1 saturated heterocycles. The first-order chi connectivity index (χ1) is 14.3. The zero-order valence-electron chi connectivity index (χ0n) is 15.3. The molecule has 2 N–H and O–H groups in total. The molecule has 1 heterocycles. The Morgan fingerprint density at radius 1 is 1.13 bits per heavy atom. The molecule has 0 saturated carbocycles. The van der Waals surface area contributed by atoms with E-state index < -0.39 is 36.2 Å². The lowest BCUT2D eigenvalue weighted by molar-refractivity contribution is -0.139. The topological polar surface area (TPSA) is 113 Å². The largest absolute Gasteiger partial charge is 0.481 e. The van der Waals surface area contributed by atoms with Gasteiger partial charge in [-0.3, -0.25) is 19.3 Å². The third-order valence-electron chi connectivity index (χ3n) is 3.86. The minimum atomic E-state index is -1.14. The number of carbonyl (C=O) groups is 4. The second-order valence-corrected chi connectivity index (χ2v) is 7.47. The van der Waals surface area contributed by atoms with Crippen LogP contribution in [0.2, 0.25) is 5.02 Å². The maximum atomic E-state index is 12.6. The number of benzene rings is 2. The molecular weight excluding hydrogens is 432 g/mol. The third kappa shape index (κ3) is 5.40.